The normalized spacial score (nSPS) is 40.5. The van der Waals surface area contributed by atoms with Crippen LogP contribution in [0.1, 0.15) is 20.8 Å². The molecular weight excluding hydrogens is 178 g/mol. The molecule has 3 aliphatic rings. The van der Waals surface area contributed by atoms with Crippen molar-refractivity contribution >= 4 is 0 Å². The van der Waals surface area contributed by atoms with Crippen molar-refractivity contribution in [2.24, 2.45) is 23.7 Å². The summed E-state index contributed by atoms with van der Waals surface area (Å²) in [5, 5.41) is 10.8. The van der Waals surface area contributed by atoms with E-state index in [4.69, 9.17) is 0 Å². The standard InChI is InChI=1S/C11H15NO2/c1-6-4-9-7(2)10(8(9)3)5-11(6)12(13)14/h4-5,7-10H,1-3H3. The third-order valence-electron chi connectivity index (χ3n) is 3.82. The third-order valence-corrected chi connectivity index (χ3v) is 3.82. The first kappa shape index (κ1) is 9.44. The van der Waals surface area contributed by atoms with Crippen molar-refractivity contribution in [3.05, 3.63) is 33.5 Å². The first-order valence-corrected chi connectivity index (χ1v) is 5.07. The monoisotopic (exact) mass is 193 g/mol. The van der Waals surface area contributed by atoms with Crippen molar-refractivity contribution in [1.82, 2.24) is 0 Å². The molecule has 1 saturated carbocycles. The predicted octanol–water partition coefficient (Wildman–Crippen LogP) is 2.63. The Balaban J connectivity index is 2.41. The van der Waals surface area contributed by atoms with Crippen LogP contribution in [0.25, 0.3) is 0 Å². The van der Waals surface area contributed by atoms with E-state index in [-0.39, 0.29) is 4.92 Å². The van der Waals surface area contributed by atoms with E-state index in [1.165, 1.54) is 0 Å². The molecule has 1 fully saturated rings. The van der Waals surface area contributed by atoms with Crippen LogP contribution in [0.15, 0.2) is 23.4 Å². The molecule has 0 aromatic heterocycles. The van der Waals surface area contributed by atoms with E-state index in [1.807, 2.05) is 13.0 Å². The summed E-state index contributed by atoms with van der Waals surface area (Å²) in [6.45, 7) is 6.20. The van der Waals surface area contributed by atoms with Crippen LogP contribution in [-0.4, -0.2) is 4.92 Å². The van der Waals surface area contributed by atoms with E-state index < -0.39 is 0 Å². The average molecular weight is 193 g/mol. The highest BCUT2D eigenvalue weighted by atomic mass is 16.6. The first-order valence-electron chi connectivity index (χ1n) is 5.07. The molecule has 0 aromatic rings. The molecule has 3 heteroatoms. The van der Waals surface area contributed by atoms with Crippen LogP contribution in [0.2, 0.25) is 0 Å². The van der Waals surface area contributed by atoms with Gasteiger partial charge >= 0.3 is 0 Å². The highest BCUT2D eigenvalue weighted by molar-refractivity contribution is 5.31. The summed E-state index contributed by atoms with van der Waals surface area (Å²) in [4.78, 5) is 10.5. The Kier molecular flexibility index (Phi) is 1.98. The molecule has 14 heavy (non-hydrogen) atoms. The lowest BCUT2D eigenvalue weighted by Crippen LogP contribution is -2.40. The maximum Gasteiger partial charge on any atom is 0.268 e. The van der Waals surface area contributed by atoms with Gasteiger partial charge in [-0.3, -0.25) is 10.1 Å². The number of fused-ring (bicyclic) bond motifs is 1. The summed E-state index contributed by atoms with van der Waals surface area (Å²) in [5.41, 5.74) is 1.15. The Bertz CT molecular complexity index is 333. The Morgan fingerprint density at radius 1 is 1.21 bits per heavy atom. The number of nitrogens with zero attached hydrogens (tertiary/aromatic N) is 1. The van der Waals surface area contributed by atoms with Gasteiger partial charge in [-0.05, 0) is 36.7 Å². The van der Waals surface area contributed by atoms with Gasteiger partial charge < -0.3 is 0 Å². The van der Waals surface area contributed by atoms with Crippen molar-refractivity contribution in [3.63, 3.8) is 0 Å². The minimum Gasteiger partial charge on any atom is -0.258 e. The maximum atomic E-state index is 10.8. The lowest BCUT2D eigenvalue weighted by molar-refractivity contribution is -0.421. The smallest absolute Gasteiger partial charge is 0.258 e. The van der Waals surface area contributed by atoms with Gasteiger partial charge in [0.05, 0.1) is 4.92 Å². The zero-order valence-corrected chi connectivity index (χ0v) is 8.73. The van der Waals surface area contributed by atoms with Gasteiger partial charge in [0.15, 0.2) is 0 Å². The molecule has 2 bridgehead atoms. The van der Waals surface area contributed by atoms with Crippen LogP contribution < -0.4 is 0 Å². The molecule has 0 aliphatic heterocycles. The second-order valence-corrected chi connectivity index (χ2v) is 4.53. The molecule has 76 valence electrons. The van der Waals surface area contributed by atoms with Gasteiger partial charge in [-0.2, -0.15) is 0 Å². The molecule has 0 saturated heterocycles. The first-order chi connectivity index (χ1) is 6.52. The number of allylic oxidation sites excluding steroid dienone is 3. The lowest BCUT2D eigenvalue weighted by atomic mass is 9.59. The fraction of sp³-hybridized carbons (Fsp3) is 0.636. The third kappa shape index (κ3) is 1.11. The van der Waals surface area contributed by atoms with Crippen LogP contribution in [0, 0.1) is 33.8 Å². The van der Waals surface area contributed by atoms with E-state index in [9.17, 15) is 10.1 Å². The van der Waals surface area contributed by atoms with Crippen molar-refractivity contribution < 1.29 is 4.92 Å². The van der Waals surface area contributed by atoms with E-state index in [0.29, 0.717) is 29.4 Å². The number of hydrogen-bond donors (Lipinski definition) is 0. The van der Waals surface area contributed by atoms with Gasteiger partial charge in [0.1, 0.15) is 0 Å². The van der Waals surface area contributed by atoms with Gasteiger partial charge in [-0.1, -0.05) is 19.9 Å². The van der Waals surface area contributed by atoms with Crippen LogP contribution >= 0.6 is 0 Å². The zero-order chi connectivity index (χ0) is 10.5. The molecule has 3 rings (SSSR count). The van der Waals surface area contributed by atoms with Gasteiger partial charge in [0.25, 0.3) is 5.70 Å². The van der Waals surface area contributed by atoms with E-state index in [1.54, 1.807) is 0 Å². The van der Waals surface area contributed by atoms with E-state index in [0.717, 1.165) is 5.57 Å². The molecule has 3 nitrogen and oxygen atoms in total. The lowest BCUT2D eigenvalue weighted by Gasteiger charge is -2.45. The Morgan fingerprint density at radius 3 is 2.21 bits per heavy atom. The minimum atomic E-state index is -0.258. The number of nitro groups is 1. The Hall–Kier alpha value is -1.12. The SMILES string of the molecule is CC1=CC2C(C)C(C=C1[N+](=O)[O-])C2C. The molecule has 2 atom stereocenters. The summed E-state index contributed by atoms with van der Waals surface area (Å²) >= 11 is 0. The van der Waals surface area contributed by atoms with Crippen LogP contribution in [0.3, 0.4) is 0 Å². The second kappa shape index (κ2) is 2.94. The quantitative estimate of drug-likeness (QED) is 0.474. The summed E-state index contributed by atoms with van der Waals surface area (Å²) in [6.07, 6.45) is 3.93. The largest absolute Gasteiger partial charge is 0.268 e. The molecule has 2 unspecified atom stereocenters. The minimum absolute atomic E-state index is 0.258. The van der Waals surface area contributed by atoms with Crippen molar-refractivity contribution in [2.75, 3.05) is 0 Å². The van der Waals surface area contributed by atoms with E-state index >= 15 is 0 Å². The molecule has 0 N–H and O–H groups in total. The molecule has 0 spiro atoms. The molecule has 3 aliphatic carbocycles. The fourth-order valence-electron chi connectivity index (χ4n) is 2.83. The van der Waals surface area contributed by atoms with Crippen LogP contribution in [-0.2, 0) is 0 Å². The number of rotatable bonds is 1. The molecule has 0 amide bonds. The van der Waals surface area contributed by atoms with E-state index in [2.05, 4.69) is 19.9 Å². The zero-order valence-electron chi connectivity index (χ0n) is 8.73. The van der Waals surface area contributed by atoms with Gasteiger partial charge in [0.2, 0.25) is 0 Å². The highest BCUT2D eigenvalue weighted by Crippen LogP contribution is 2.50. The Labute approximate surface area is 83.7 Å². The van der Waals surface area contributed by atoms with Crippen molar-refractivity contribution in [2.45, 2.75) is 20.8 Å². The average Bonchev–Trinajstić information content (AvgIpc) is 2.33. The molecular formula is C11H15NO2. The van der Waals surface area contributed by atoms with Crippen LogP contribution in [0.4, 0.5) is 0 Å². The summed E-state index contributed by atoms with van der Waals surface area (Å²) in [6, 6.07) is 0. The van der Waals surface area contributed by atoms with Gasteiger partial charge in [0, 0.05) is 5.57 Å². The maximum absolute atomic E-state index is 10.8. The molecule has 0 aromatic carbocycles. The van der Waals surface area contributed by atoms with Gasteiger partial charge in [-0.25, -0.2) is 0 Å². The van der Waals surface area contributed by atoms with Crippen LogP contribution in [0.5, 0.6) is 0 Å². The van der Waals surface area contributed by atoms with Gasteiger partial charge in [-0.15, -0.1) is 0 Å². The predicted molar refractivity (Wildman–Crippen MR) is 54.1 cm³/mol. The molecule has 0 heterocycles. The fourth-order valence-corrected chi connectivity index (χ4v) is 2.83. The molecule has 0 radical (unpaired) electrons. The van der Waals surface area contributed by atoms with Crippen molar-refractivity contribution in [3.8, 4) is 0 Å². The van der Waals surface area contributed by atoms with Crippen molar-refractivity contribution in [1.29, 1.82) is 0 Å². The highest BCUT2D eigenvalue weighted by Gasteiger charge is 2.45. The summed E-state index contributed by atoms with van der Waals surface area (Å²) in [5.74, 6) is 2.07. The Morgan fingerprint density at radius 2 is 1.71 bits per heavy atom. The topological polar surface area (TPSA) is 43.1 Å². The summed E-state index contributed by atoms with van der Waals surface area (Å²) < 4.78 is 0. The summed E-state index contributed by atoms with van der Waals surface area (Å²) in [7, 11) is 0. The number of hydrogen-bond acceptors (Lipinski definition) is 2. The second-order valence-electron chi connectivity index (χ2n) is 4.53.